The molecular weight excluding hydrogens is 264 g/mol. The second-order valence-electron chi connectivity index (χ2n) is 2.91. The second kappa shape index (κ2) is 4.60. The molecule has 7 heteroatoms. The molecule has 0 amide bonds. The minimum atomic E-state index is -1.91. The molecule has 1 aliphatic rings. The second-order valence-corrected chi connectivity index (χ2v) is 5.19. The number of nitrogens with one attached hydrogen (secondary N) is 1. The van der Waals surface area contributed by atoms with Crippen molar-refractivity contribution in [3.8, 4) is 0 Å². The number of cyclic esters (lactones) is 1. The minimum absolute atomic E-state index is 0.456. The van der Waals surface area contributed by atoms with Crippen LogP contribution in [0, 0.1) is 5.41 Å². The number of ether oxygens (including phenoxy) is 2. The zero-order valence-corrected chi connectivity index (χ0v) is 9.94. The molecule has 1 N–H and O–H groups in total. The van der Waals surface area contributed by atoms with E-state index >= 15 is 0 Å². The number of hydrogen-bond acceptors (Lipinski definition) is 4. The van der Waals surface area contributed by atoms with E-state index in [-0.39, 0.29) is 0 Å². The van der Waals surface area contributed by atoms with Gasteiger partial charge in [-0.05, 0) is 13.0 Å². The van der Waals surface area contributed by atoms with Gasteiger partial charge < -0.3 is 9.47 Å². The molecule has 0 radical (unpaired) electrons. The van der Waals surface area contributed by atoms with Crippen LogP contribution in [0.3, 0.4) is 0 Å². The minimum Gasteiger partial charge on any atom is -0.467 e. The maximum atomic E-state index is 10.8. The quantitative estimate of drug-likeness (QED) is 0.345. The van der Waals surface area contributed by atoms with Gasteiger partial charge in [0.1, 0.15) is 6.10 Å². The van der Waals surface area contributed by atoms with Crippen molar-refractivity contribution in [2.24, 2.45) is 0 Å². The van der Waals surface area contributed by atoms with Gasteiger partial charge in [0.25, 0.3) is 3.79 Å². The van der Waals surface area contributed by atoms with Crippen LogP contribution in [-0.4, -0.2) is 27.9 Å². The van der Waals surface area contributed by atoms with Crippen molar-refractivity contribution in [2.45, 2.75) is 22.9 Å². The van der Waals surface area contributed by atoms with Crippen LogP contribution < -0.4 is 0 Å². The van der Waals surface area contributed by atoms with Gasteiger partial charge in [-0.2, -0.15) is 0 Å². The van der Waals surface area contributed by atoms with E-state index in [9.17, 15) is 4.79 Å². The van der Waals surface area contributed by atoms with Crippen LogP contribution in [0.15, 0.2) is 12.2 Å². The van der Waals surface area contributed by atoms with Crippen LogP contribution in [0.2, 0.25) is 0 Å². The first kappa shape index (κ1) is 12.6. The Kier molecular flexibility index (Phi) is 3.87. The zero-order chi connectivity index (χ0) is 11.6. The lowest BCUT2D eigenvalue weighted by molar-refractivity contribution is -0.147. The molecule has 4 nitrogen and oxygen atoms in total. The zero-order valence-electron chi connectivity index (χ0n) is 7.67. The van der Waals surface area contributed by atoms with Gasteiger partial charge in [-0.3, -0.25) is 5.41 Å². The highest BCUT2D eigenvalue weighted by Crippen LogP contribution is 2.29. The molecule has 84 valence electrons. The van der Waals surface area contributed by atoms with E-state index < -0.39 is 27.9 Å². The fraction of sp³-hybridized carbons (Fsp3) is 0.500. The summed E-state index contributed by atoms with van der Waals surface area (Å²) < 4.78 is 7.97. The molecule has 0 aliphatic carbocycles. The Hall–Kier alpha value is -0.450. The number of hydrogen-bond donors (Lipinski definition) is 1. The lowest BCUT2D eigenvalue weighted by Crippen LogP contribution is -2.37. The summed E-state index contributed by atoms with van der Waals surface area (Å²) in [4.78, 5) is 10.8. The van der Waals surface area contributed by atoms with E-state index in [1.807, 2.05) is 0 Å². The molecular formula is C8H8Cl3NO3. The van der Waals surface area contributed by atoms with Gasteiger partial charge in [0, 0.05) is 6.08 Å². The highest BCUT2D eigenvalue weighted by molar-refractivity contribution is 6.76. The number of alkyl halides is 3. The third-order valence-corrected chi connectivity index (χ3v) is 2.21. The highest BCUT2D eigenvalue weighted by Gasteiger charge is 2.33. The van der Waals surface area contributed by atoms with Crippen molar-refractivity contribution >= 4 is 46.7 Å². The first-order chi connectivity index (χ1) is 6.80. The van der Waals surface area contributed by atoms with Crippen molar-refractivity contribution < 1.29 is 14.3 Å². The molecule has 0 spiro atoms. The molecule has 1 aliphatic heterocycles. The highest BCUT2D eigenvalue weighted by atomic mass is 35.6. The van der Waals surface area contributed by atoms with Gasteiger partial charge in [0.15, 0.2) is 6.10 Å². The fourth-order valence-corrected chi connectivity index (χ4v) is 1.09. The van der Waals surface area contributed by atoms with Gasteiger partial charge in [0.2, 0.25) is 5.90 Å². The predicted octanol–water partition coefficient (Wildman–Crippen LogP) is 2.22. The Morgan fingerprint density at radius 2 is 2.20 bits per heavy atom. The Morgan fingerprint density at radius 3 is 2.67 bits per heavy atom. The Bertz CT molecular complexity index is 311. The maximum absolute atomic E-state index is 10.8. The van der Waals surface area contributed by atoms with Crippen LogP contribution in [-0.2, 0) is 14.3 Å². The predicted molar refractivity (Wildman–Crippen MR) is 57.6 cm³/mol. The summed E-state index contributed by atoms with van der Waals surface area (Å²) >= 11 is 16.3. The number of carbonyl (C=O) groups is 1. The SMILES string of the molecule is C[C@H]1OC(=O)C=C[C@@H]1OC(=N)C(Cl)(Cl)Cl. The van der Waals surface area contributed by atoms with E-state index in [0.717, 1.165) is 0 Å². The molecule has 2 atom stereocenters. The van der Waals surface area contributed by atoms with E-state index in [0.29, 0.717) is 0 Å². The number of carbonyl (C=O) groups excluding carboxylic acids is 1. The van der Waals surface area contributed by atoms with E-state index in [1.165, 1.54) is 12.2 Å². The van der Waals surface area contributed by atoms with Crippen molar-refractivity contribution in [3.63, 3.8) is 0 Å². The van der Waals surface area contributed by atoms with Crippen molar-refractivity contribution in [3.05, 3.63) is 12.2 Å². The normalized spacial score (nSPS) is 26.0. The lowest BCUT2D eigenvalue weighted by Gasteiger charge is -2.26. The third-order valence-electron chi connectivity index (χ3n) is 1.70. The monoisotopic (exact) mass is 271 g/mol. The van der Waals surface area contributed by atoms with Crippen LogP contribution >= 0.6 is 34.8 Å². The molecule has 1 heterocycles. The molecule has 15 heavy (non-hydrogen) atoms. The standard InChI is InChI=1S/C8H8Cl3NO3/c1-4-5(2-3-6(13)14-4)15-7(12)8(9,10)11/h2-5,12H,1H3/t4-,5+/m1/s1. The molecule has 0 saturated heterocycles. The molecule has 0 saturated carbocycles. The summed E-state index contributed by atoms with van der Waals surface area (Å²) in [6.07, 6.45) is 1.54. The first-order valence-corrected chi connectivity index (χ1v) is 5.15. The molecule has 0 fully saturated rings. The lowest BCUT2D eigenvalue weighted by atomic mass is 10.2. The van der Waals surface area contributed by atoms with Gasteiger partial charge in [-0.15, -0.1) is 0 Å². The average molecular weight is 273 g/mol. The van der Waals surface area contributed by atoms with E-state index in [4.69, 9.17) is 49.7 Å². The van der Waals surface area contributed by atoms with Crippen LogP contribution in [0.5, 0.6) is 0 Å². The smallest absolute Gasteiger partial charge is 0.330 e. The summed E-state index contributed by atoms with van der Waals surface area (Å²) in [5.74, 6) is -0.963. The third kappa shape index (κ3) is 3.55. The molecule has 0 aromatic rings. The number of halogens is 3. The van der Waals surface area contributed by atoms with Gasteiger partial charge in [-0.25, -0.2) is 4.79 Å². The summed E-state index contributed by atoms with van der Waals surface area (Å²) in [7, 11) is 0. The van der Waals surface area contributed by atoms with Crippen LogP contribution in [0.25, 0.3) is 0 Å². The molecule has 0 bridgehead atoms. The van der Waals surface area contributed by atoms with Crippen molar-refractivity contribution in [1.29, 1.82) is 5.41 Å². The Morgan fingerprint density at radius 1 is 1.60 bits per heavy atom. The van der Waals surface area contributed by atoms with E-state index in [1.54, 1.807) is 6.92 Å². The average Bonchev–Trinajstić information content (AvgIpc) is 2.08. The molecule has 0 aromatic heterocycles. The topological polar surface area (TPSA) is 59.4 Å². The van der Waals surface area contributed by atoms with Crippen LogP contribution in [0.1, 0.15) is 6.92 Å². The summed E-state index contributed by atoms with van der Waals surface area (Å²) in [5, 5.41) is 7.32. The summed E-state index contributed by atoms with van der Waals surface area (Å²) in [6.45, 7) is 1.62. The number of rotatable bonds is 1. The fourth-order valence-electron chi connectivity index (χ4n) is 0.957. The number of esters is 1. The van der Waals surface area contributed by atoms with Crippen LogP contribution in [0.4, 0.5) is 0 Å². The van der Waals surface area contributed by atoms with Crippen molar-refractivity contribution in [2.75, 3.05) is 0 Å². The van der Waals surface area contributed by atoms with E-state index in [2.05, 4.69) is 0 Å². The molecule has 1 rings (SSSR count). The van der Waals surface area contributed by atoms with Gasteiger partial charge in [0.05, 0.1) is 0 Å². The first-order valence-electron chi connectivity index (χ1n) is 4.02. The molecule has 0 aromatic carbocycles. The largest absolute Gasteiger partial charge is 0.467 e. The van der Waals surface area contributed by atoms with Gasteiger partial charge in [-0.1, -0.05) is 34.8 Å². The Balaban J connectivity index is 2.63. The molecule has 0 unspecified atom stereocenters. The summed E-state index contributed by atoms with van der Waals surface area (Å²) in [5.41, 5.74) is 0. The van der Waals surface area contributed by atoms with Gasteiger partial charge >= 0.3 is 5.97 Å². The van der Waals surface area contributed by atoms with Crippen molar-refractivity contribution in [1.82, 2.24) is 0 Å². The summed E-state index contributed by atoms with van der Waals surface area (Å²) in [6, 6.07) is 0. The maximum Gasteiger partial charge on any atom is 0.330 e. The Labute approximate surface area is 102 Å².